The minimum Gasteiger partial charge on any atom is -0.496 e. The molecule has 0 amide bonds. The van der Waals surface area contributed by atoms with Crippen LogP contribution >= 0.6 is 0 Å². The highest BCUT2D eigenvalue weighted by Crippen LogP contribution is 2.53. The first-order chi connectivity index (χ1) is 19.2. The van der Waals surface area contributed by atoms with E-state index in [1.165, 1.54) is 43.6 Å². The summed E-state index contributed by atoms with van der Waals surface area (Å²) in [7, 11) is 2.16. The highest BCUT2D eigenvalue weighted by Gasteiger charge is 2.65. The Labute approximate surface area is 232 Å². The summed E-state index contributed by atoms with van der Waals surface area (Å²) in [5.74, 6) is -2.36. The van der Waals surface area contributed by atoms with Gasteiger partial charge < -0.3 is 23.4 Å². The second kappa shape index (κ2) is 10.4. The van der Waals surface area contributed by atoms with Crippen molar-refractivity contribution in [3.63, 3.8) is 0 Å². The number of halogens is 3. The van der Waals surface area contributed by atoms with Crippen LogP contribution in [0.3, 0.4) is 0 Å². The lowest BCUT2D eigenvalue weighted by Crippen LogP contribution is -2.47. The summed E-state index contributed by atoms with van der Waals surface area (Å²) in [6.45, 7) is 5.39. The molecule has 1 atom stereocenters. The van der Waals surface area contributed by atoms with Crippen molar-refractivity contribution in [2.45, 2.75) is 45.1 Å². The lowest BCUT2D eigenvalue weighted by molar-refractivity contribution is -0.273. The maximum absolute atomic E-state index is 15.5. The smallest absolute Gasteiger partial charge is 0.431 e. The van der Waals surface area contributed by atoms with Gasteiger partial charge in [0.25, 0.3) is 5.60 Å². The largest absolute Gasteiger partial charge is 0.496 e. The molecular formula is C28H26F3N3O7. The summed E-state index contributed by atoms with van der Waals surface area (Å²) in [5, 5.41) is 9.15. The van der Waals surface area contributed by atoms with E-state index in [9.17, 15) is 14.9 Å². The Hall–Kier alpha value is -4.57. The van der Waals surface area contributed by atoms with E-state index in [0.29, 0.717) is 5.56 Å². The zero-order valence-electron chi connectivity index (χ0n) is 23.0. The van der Waals surface area contributed by atoms with Gasteiger partial charge in [0.15, 0.2) is 5.58 Å². The number of carbonyl (C=O) groups is 2. The highest BCUT2D eigenvalue weighted by molar-refractivity contribution is 5.96. The molecule has 0 radical (unpaired) electrons. The number of rotatable bonds is 6. The van der Waals surface area contributed by atoms with Crippen LogP contribution in [0.15, 0.2) is 40.9 Å². The molecule has 2 heterocycles. The molecule has 2 aromatic carbocycles. The van der Waals surface area contributed by atoms with Crippen LogP contribution in [-0.2, 0) is 24.6 Å². The van der Waals surface area contributed by atoms with E-state index in [2.05, 4.69) is 9.72 Å². The van der Waals surface area contributed by atoms with E-state index in [1.807, 2.05) is 6.07 Å². The molecule has 10 nitrogen and oxygen atoms in total. The zero-order chi connectivity index (χ0) is 30.3. The predicted molar refractivity (Wildman–Crippen MR) is 138 cm³/mol. The third kappa shape index (κ3) is 5.18. The Morgan fingerprint density at radius 1 is 1.12 bits per heavy atom. The summed E-state index contributed by atoms with van der Waals surface area (Å²) in [6, 6.07) is 8.38. The van der Waals surface area contributed by atoms with Gasteiger partial charge in [-0.3, -0.25) is 4.57 Å². The second-order valence-corrected chi connectivity index (χ2v) is 10.1. The average Bonchev–Trinajstić information content (AvgIpc) is 3.52. The average molecular weight is 574 g/mol. The van der Waals surface area contributed by atoms with Crippen LogP contribution in [0.25, 0.3) is 22.0 Å². The van der Waals surface area contributed by atoms with E-state index < -0.39 is 47.5 Å². The molecule has 216 valence electrons. The standard InChI is InChI=1S/C28H26F3N3O7/c1-15-11-20(37-5)22(17-9-10-34(23(15)17)25(36)41-26(2,3)4)27(28(29,30)31,39-14-21(35)38-6)24-33-18-12-16(13-32)7-8-19(18)40-24/h7-12H,14H2,1-6H3. The molecule has 0 aliphatic carbocycles. The Morgan fingerprint density at radius 3 is 2.41 bits per heavy atom. The summed E-state index contributed by atoms with van der Waals surface area (Å²) in [4.78, 5) is 29.2. The van der Waals surface area contributed by atoms with Crippen LogP contribution in [0.1, 0.15) is 43.4 Å². The van der Waals surface area contributed by atoms with Crippen molar-refractivity contribution >= 4 is 34.1 Å². The van der Waals surface area contributed by atoms with Crippen LogP contribution in [-0.4, -0.2) is 54.2 Å². The third-order valence-corrected chi connectivity index (χ3v) is 6.14. The SMILES string of the molecule is COC(=O)COC(c1nc2cc(C#N)ccc2o1)(c1c(OC)cc(C)c2c1ccn2C(=O)OC(C)(C)C)C(F)(F)F. The monoisotopic (exact) mass is 573 g/mol. The van der Waals surface area contributed by atoms with Gasteiger partial charge in [-0.05, 0) is 63.6 Å². The molecule has 0 spiro atoms. The van der Waals surface area contributed by atoms with Crippen molar-refractivity contribution in [1.29, 1.82) is 5.26 Å². The molecule has 1 unspecified atom stereocenters. The summed E-state index contributed by atoms with van der Waals surface area (Å²) in [6.07, 6.45) is -4.88. The van der Waals surface area contributed by atoms with Gasteiger partial charge in [-0.1, -0.05) is 0 Å². The Morgan fingerprint density at radius 2 is 1.83 bits per heavy atom. The first kappa shape index (κ1) is 29.4. The Kier molecular flexibility index (Phi) is 7.49. The number of nitriles is 1. The maximum atomic E-state index is 15.5. The zero-order valence-corrected chi connectivity index (χ0v) is 23.0. The molecule has 4 rings (SSSR count). The molecule has 0 bridgehead atoms. The number of alkyl halides is 3. The molecule has 0 fully saturated rings. The van der Waals surface area contributed by atoms with Crippen LogP contribution in [0, 0.1) is 18.3 Å². The van der Waals surface area contributed by atoms with Crippen LogP contribution in [0.5, 0.6) is 5.75 Å². The Bertz CT molecular complexity index is 1690. The topological polar surface area (TPSA) is 126 Å². The first-order valence-electron chi connectivity index (χ1n) is 12.2. The van der Waals surface area contributed by atoms with Gasteiger partial charge in [0.05, 0.1) is 36.9 Å². The number of oxazole rings is 1. The van der Waals surface area contributed by atoms with Gasteiger partial charge in [0.1, 0.15) is 23.5 Å². The summed E-state index contributed by atoms with van der Waals surface area (Å²) >= 11 is 0. The molecule has 4 aromatic rings. The fraction of sp³-hybridized carbons (Fsp3) is 0.357. The van der Waals surface area contributed by atoms with Crippen LogP contribution in [0.2, 0.25) is 0 Å². The number of aryl methyl sites for hydroxylation is 1. The number of ether oxygens (including phenoxy) is 4. The normalized spacial score (nSPS) is 13.6. The number of fused-ring (bicyclic) bond motifs is 2. The number of methoxy groups -OCH3 is 2. The second-order valence-electron chi connectivity index (χ2n) is 10.1. The van der Waals surface area contributed by atoms with Crippen molar-refractivity contribution in [1.82, 2.24) is 9.55 Å². The minimum absolute atomic E-state index is 0.0528. The Balaban J connectivity index is 2.13. The molecule has 13 heteroatoms. The van der Waals surface area contributed by atoms with Crippen molar-refractivity contribution < 1.29 is 46.1 Å². The van der Waals surface area contributed by atoms with Gasteiger partial charge in [-0.15, -0.1) is 0 Å². The molecule has 0 aliphatic rings. The number of carbonyl (C=O) groups excluding carboxylic acids is 2. The molecule has 0 aliphatic heterocycles. The van der Waals surface area contributed by atoms with Crippen molar-refractivity contribution in [3.8, 4) is 11.8 Å². The van der Waals surface area contributed by atoms with Gasteiger partial charge in [0.2, 0.25) is 5.89 Å². The van der Waals surface area contributed by atoms with Crippen molar-refractivity contribution in [2.75, 3.05) is 20.8 Å². The fourth-order valence-electron chi connectivity index (χ4n) is 4.45. The number of benzene rings is 2. The molecule has 0 saturated heterocycles. The van der Waals surface area contributed by atoms with Crippen molar-refractivity contribution in [3.05, 3.63) is 59.1 Å². The van der Waals surface area contributed by atoms with E-state index in [4.69, 9.17) is 18.6 Å². The van der Waals surface area contributed by atoms with Gasteiger partial charge in [-0.2, -0.15) is 18.4 Å². The van der Waals surface area contributed by atoms with E-state index in [-0.39, 0.29) is 33.3 Å². The van der Waals surface area contributed by atoms with Gasteiger partial charge in [0, 0.05) is 11.6 Å². The fourth-order valence-corrected chi connectivity index (χ4v) is 4.45. The number of nitrogens with zero attached hydrogens (tertiary/aromatic N) is 3. The van der Waals surface area contributed by atoms with Gasteiger partial charge in [-0.25, -0.2) is 14.6 Å². The number of aromatic nitrogens is 2. The number of hydrogen-bond acceptors (Lipinski definition) is 9. The quantitative estimate of drug-likeness (QED) is 0.265. The van der Waals surface area contributed by atoms with Crippen LogP contribution in [0.4, 0.5) is 18.0 Å². The highest BCUT2D eigenvalue weighted by atomic mass is 19.4. The summed E-state index contributed by atoms with van der Waals surface area (Å²) in [5.41, 5.74) is -4.57. The number of esters is 1. The first-order valence-corrected chi connectivity index (χ1v) is 12.2. The van der Waals surface area contributed by atoms with Crippen LogP contribution < -0.4 is 4.74 Å². The lowest BCUT2D eigenvalue weighted by atomic mass is 9.87. The van der Waals surface area contributed by atoms with E-state index in [1.54, 1.807) is 27.7 Å². The number of hydrogen-bond donors (Lipinski definition) is 0. The molecule has 0 N–H and O–H groups in total. The van der Waals surface area contributed by atoms with E-state index in [0.717, 1.165) is 11.7 Å². The van der Waals surface area contributed by atoms with Gasteiger partial charge >= 0.3 is 18.2 Å². The molecule has 41 heavy (non-hydrogen) atoms. The minimum atomic E-state index is -5.32. The van der Waals surface area contributed by atoms with E-state index >= 15 is 13.2 Å². The maximum Gasteiger partial charge on any atom is 0.431 e. The summed E-state index contributed by atoms with van der Waals surface area (Å²) < 4.78 is 74.1. The lowest BCUT2D eigenvalue weighted by Gasteiger charge is -2.34. The molecular weight excluding hydrogens is 547 g/mol. The molecule has 0 saturated carbocycles. The molecule has 2 aromatic heterocycles. The van der Waals surface area contributed by atoms with Crippen molar-refractivity contribution in [2.24, 2.45) is 0 Å². The third-order valence-electron chi connectivity index (χ3n) is 6.14. The predicted octanol–water partition coefficient (Wildman–Crippen LogP) is 5.75.